The Labute approximate surface area is 150 Å². The Hall–Kier alpha value is -2.02. The van der Waals surface area contributed by atoms with Crippen LogP contribution in [0.15, 0.2) is 30.9 Å². The highest BCUT2D eigenvalue weighted by Gasteiger charge is 2.19. The van der Waals surface area contributed by atoms with Crippen LogP contribution in [0, 0.1) is 5.92 Å². The van der Waals surface area contributed by atoms with Crippen molar-refractivity contribution in [2.24, 2.45) is 17.4 Å². The van der Waals surface area contributed by atoms with E-state index in [-0.39, 0.29) is 17.7 Å². The third-order valence-corrected chi connectivity index (χ3v) is 4.31. The van der Waals surface area contributed by atoms with Crippen molar-refractivity contribution in [2.45, 2.75) is 44.8 Å². The number of aliphatic hydroxyl groups excluding tert-OH is 1. The van der Waals surface area contributed by atoms with E-state index >= 15 is 0 Å². The number of aromatic hydroxyl groups is 1. The fourth-order valence-electron chi connectivity index (χ4n) is 3.02. The molecule has 0 amide bonds. The average Bonchev–Trinajstić information content (AvgIpc) is 2.49. The summed E-state index contributed by atoms with van der Waals surface area (Å²) in [4.78, 5) is 0. The second-order valence-electron chi connectivity index (χ2n) is 6.83. The van der Waals surface area contributed by atoms with Crippen molar-refractivity contribution < 1.29 is 10.2 Å². The molecule has 1 rings (SSSR count). The lowest BCUT2D eigenvalue weighted by Gasteiger charge is -2.23. The van der Waals surface area contributed by atoms with Crippen molar-refractivity contribution in [3.63, 3.8) is 0 Å². The van der Waals surface area contributed by atoms with Crippen LogP contribution in [-0.4, -0.2) is 28.9 Å². The number of nitrogen functional groups attached to an aromatic ring is 2. The van der Waals surface area contributed by atoms with E-state index < -0.39 is 6.10 Å². The molecule has 0 bridgehead atoms. The largest absolute Gasteiger partial charge is 0.508 e. The minimum Gasteiger partial charge on any atom is -0.508 e. The normalized spacial score (nSPS) is 14.7. The van der Waals surface area contributed by atoms with Gasteiger partial charge in [-0.25, -0.2) is 0 Å². The molecule has 140 valence electrons. The molecule has 1 aromatic rings. The first-order chi connectivity index (χ1) is 11.6. The quantitative estimate of drug-likeness (QED) is 0.217. The molecule has 0 saturated carbocycles. The van der Waals surface area contributed by atoms with Gasteiger partial charge in [-0.2, -0.15) is 0 Å². The zero-order valence-electron chi connectivity index (χ0n) is 15.0. The Kier molecular flexibility index (Phi) is 7.96. The summed E-state index contributed by atoms with van der Waals surface area (Å²) in [6.07, 6.45) is 2.06. The topological polar surface area (TPSA) is 145 Å². The molecule has 3 unspecified atom stereocenters. The molecule has 0 saturated heterocycles. The van der Waals surface area contributed by atoms with E-state index in [1.807, 2.05) is 6.92 Å². The molecule has 0 fully saturated rings. The van der Waals surface area contributed by atoms with E-state index in [4.69, 9.17) is 22.9 Å². The van der Waals surface area contributed by atoms with Crippen LogP contribution in [0.3, 0.4) is 0 Å². The maximum absolute atomic E-state index is 10.2. The molecule has 6 heteroatoms. The molecule has 10 N–H and O–H groups in total. The number of hydrogen-bond donors (Lipinski definition) is 6. The van der Waals surface area contributed by atoms with E-state index in [0.717, 1.165) is 12.0 Å². The number of nitrogens with two attached hydrogens (primary N) is 4. The standard InChI is InChI=1S/C19H32N4O2/c1-11(6-14(4-5-20)8-15(24)7-12(2)21)13(3)17-9-16(25)10-18(22)19(17)23/h9-10,12,14-15,24-25H,1,3-8,20-23H2,2H3. The third kappa shape index (κ3) is 6.42. The molecule has 0 radical (unpaired) electrons. The highest BCUT2D eigenvalue weighted by Crippen LogP contribution is 2.36. The van der Waals surface area contributed by atoms with Gasteiger partial charge in [-0.05, 0) is 62.3 Å². The number of phenolic OH excluding ortho intramolecular Hbond substituents is 1. The summed E-state index contributed by atoms with van der Waals surface area (Å²) in [6.45, 7) is 10.5. The predicted octanol–water partition coefficient (Wildman–Crippen LogP) is 1.97. The van der Waals surface area contributed by atoms with Crippen molar-refractivity contribution in [3.05, 3.63) is 36.4 Å². The smallest absolute Gasteiger partial charge is 0.118 e. The zero-order valence-corrected chi connectivity index (χ0v) is 15.0. The van der Waals surface area contributed by atoms with Crippen LogP contribution in [0.2, 0.25) is 0 Å². The number of allylic oxidation sites excluding steroid dienone is 2. The summed E-state index contributed by atoms with van der Waals surface area (Å²) in [5, 5.41) is 19.9. The first-order valence-corrected chi connectivity index (χ1v) is 8.54. The Morgan fingerprint density at radius 3 is 2.40 bits per heavy atom. The van der Waals surface area contributed by atoms with Gasteiger partial charge in [-0.15, -0.1) is 0 Å². The lowest BCUT2D eigenvalue weighted by Crippen LogP contribution is -2.25. The van der Waals surface area contributed by atoms with Crippen LogP contribution in [0.5, 0.6) is 5.75 Å². The lowest BCUT2D eigenvalue weighted by molar-refractivity contribution is 0.125. The van der Waals surface area contributed by atoms with Gasteiger partial charge in [0.25, 0.3) is 0 Å². The van der Waals surface area contributed by atoms with Gasteiger partial charge in [-0.1, -0.05) is 13.2 Å². The minimum absolute atomic E-state index is 0.0292. The minimum atomic E-state index is -0.473. The molecule has 6 nitrogen and oxygen atoms in total. The van der Waals surface area contributed by atoms with Crippen LogP contribution in [-0.2, 0) is 0 Å². The van der Waals surface area contributed by atoms with E-state index in [0.29, 0.717) is 48.3 Å². The predicted molar refractivity (Wildman–Crippen MR) is 106 cm³/mol. The third-order valence-electron chi connectivity index (χ3n) is 4.31. The molecule has 0 aliphatic rings. The van der Waals surface area contributed by atoms with Gasteiger partial charge in [0.2, 0.25) is 0 Å². The van der Waals surface area contributed by atoms with E-state index in [1.165, 1.54) is 12.1 Å². The first-order valence-electron chi connectivity index (χ1n) is 8.54. The maximum atomic E-state index is 10.2. The van der Waals surface area contributed by atoms with Crippen LogP contribution in [0.1, 0.15) is 38.2 Å². The van der Waals surface area contributed by atoms with Crippen LogP contribution >= 0.6 is 0 Å². The number of rotatable bonds is 10. The highest BCUT2D eigenvalue weighted by atomic mass is 16.3. The fourth-order valence-corrected chi connectivity index (χ4v) is 3.02. The lowest BCUT2D eigenvalue weighted by atomic mass is 9.86. The molecule has 3 atom stereocenters. The van der Waals surface area contributed by atoms with E-state index in [9.17, 15) is 10.2 Å². The van der Waals surface area contributed by atoms with Crippen LogP contribution in [0.25, 0.3) is 5.57 Å². The van der Waals surface area contributed by atoms with Gasteiger partial charge >= 0.3 is 0 Å². The van der Waals surface area contributed by atoms with Crippen molar-refractivity contribution in [2.75, 3.05) is 18.0 Å². The Morgan fingerprint density at radius 1 is 1.20 bits per heavy atom. The van der Waals surface area contributed by atoms with Crippen LogP contribution in [0.4, 0.5) is 11.4 Å². The van der Waals surface area contributed by atoms with Gasteiger partial charge in [0.1, 0.15) is 5.75 Å². The molecule has 0 aliphatic heterocycles. The summed E-state index contributed by atoms with van der Waals surface area (Å²) in [5.74, 6) is 0.195. The molecule has 0 heterocycles. The molecule has 0 spiro atoms. The number of phenols is 1. The second kappa shape index (κ2) is 9.46. The summed E-state index contributed by atoms with van der Waals surface area (Å²) < 4.78 is 0. The fraction of sp³-hybridized carbons (Fsp3) is 0.474. The van der Waals surface area contributed by atoms with Crippen molar-refractivity contribution in [3.8, 4) is 5.75 Å². The molecule has 1 aromatic carbocycles. The Bertz CT molecular complexity index is 614. The molecular formula is C19H32N4O2. The van der Waals surface area contributed by atoms with Crippen molar-refractivity contribution in [1.29, 1.82) is 0 Å². The van der Waals surface area contributed by atoms with Gasteiger partial charge in [-0.3, -0.25) is 0 Å². The average molecular weight is 348 g/mol. The Morgan fingerprint density at radius 2 is 1.84 bits per heavy atom. The monoisotopic (exact) mass is 348 g/mol. The molecule has 25 heavy (non-hydrogen) atoms. The number of aliphatic hydroxyl groups is 1. The molecular weight excluding hydrogens is 316 g/mol. The summed E-state index contributed by atoms with van der Waals surface area (Å²) in [6, 6.07) is 2.88. The number of hydrogen-bond acceptors (Lipinski definition) is 6. The second-order valence-corrected chi connectivity index (χ2v) is 6.83. The van der Waals surface area contributed by atoms with E-state index in [2.05, 4.69) is 13.2 Å². The summed E-state index contributed by atoms with van der Waals surface area (Å²) in [5.41, 5.74) is 25.9. The van der Waals surface area contributed by atoms with Gasteiger partial charge in [0, 0.05) is 17.7 Å². The molecule has 0 aliphatic carbocycles. The number of benzene rings is 1. The highest BCUT2D eigenvalue weighted by molar-refractivity contribution is 5.88. The zero-order chi connectivity index (χ0) is 19.1. The Balaban J connectivity index is 2.84. The maximum Gasteiger partial charge on any atom is 0.118 e. The SMILES string of the molecule is C=C(CC(CCN)CC(O)CC(C)N)C(=C)c1cc(O)cc(N)c1N. The van der Waals surface area contributed by atoms with Crippen molar-refractivity contribution >= 4 is 16.9 Å². The van der Waals surface area contributed by atoms with Crippen molar-refractivity contribution in [1.82, 2.24) is 0 Å². The van der Waals surface area contributed by atoms with Gasteiger partial charge in [0.15, 0.2) is 0 Å². The van der Waals surface area contributed by atoms with Crippen LogP contribution < -0.4 is 22.9 Å². The van der Waals surface area contributed by atoms with E-state index in [1.54, 1.807) is 0 Å². The summed E-state index contributed by atoms with van der Waals surface area (Å²) >= 11 is 0. The summed E-state index contributed by atoms with van der Waals surface area (Å²) in [7, 11) is 0. The van der Waals surface area contributed by atoms with Gasteiger partial charge < -0.3 is 33.1 Å². The number of anilines is 2. The molecule has 0 aromatic heterocycles. The first kappa shape index (κ1) is 21.0. The van der Waals surface area contributed by atoms with Gasteiger partial charge in [0.05, 0.1) is 17.5 Å².